The van der Waals surface area contributed by atoms with Gasteiger partial charge in [0.15, 0.2) is 0 Å². The molecule has 0 fully saturated rings. The minimum atomic E-state index is -3.22. The number of rotatable bonds is 7. The summed E-state index contributed by atoms with van der Waals surface area (Å²) in [5, 5.41) is 0.120. The zero-order chi connectivity index (χ0) is 21.2. The molecule has 130 valence electrons. The van der Waals surface area contributed by atoms with Crippen molar-refractivity contribution in [3.63, 3.8) is 0 Å². The normalized spacial score (nSPS) is 16.6. The van der Waals surface area contributed by atoms with Crippen LogP contribution in [0.2, 0.25) is 0 Å². The second kappa shape index (κ2) is 7.85. The Bertz CT molecular complexity index is 841. The van der Waals surface area contributed by atoms with Crippen LogP contribution in [0.15, 0.2) is 91.0 Å². The molecule has 0 aromatic heterocycles. The second-order valence-electron chi connectivity index (χ2n) is 6.09. The van der Waals surface area contributed by atoms with Crippen LogP contribution in [0, 0.1) is 0 Å². The molecule has 0 nitrogen and oxygen atoms in total. The zero-order valence-corrected chi connectivity index (χ0v) is 16.9. The summed E-state index contributed by atoms with van der Waals surface area (Å²) in [5.41, 5.74) is 0. The van der Waals surface area contributed by atoms with Gasteiger partial charge in [0.25, 0.3) is 0 Å². The van der Waals surface area contributed by atoms with E-state index < -0.39 is 18.1 Å². The number of halogens is 1. The van der Waals surface area contributed by atoms with E-state index in [0.717, 1.165) is 15.9 Å². The maximum absolute atomic E-state index is 8.42. The molecular formula is C23H26BrP. The zero-order valence-electron chi connectivity index (χ0n) is 18.4. The van der Waals surface area contributed by atoms with Crippen molar-refractivity contribution in [2.45, 2.75) is 26.1 Å². The van der Waals surface area contributed by atoms with Gasteiger partial charge in [-0.3, -0.25) is 0 Å². The molecule has 0 atom stereocenters. The first kappa shape index (κ1) is 13.7. The summed E-state index contributed by atoms with van der Waals surface area (Å²) in [6.45, 7) is 1.32. The van der Waals surface area contributed by atoms with E-state index >= 15 is 0 Å². The van der Waals surface area contributed by atoms with Crippen molar-refractivity contribution >= 4 is 36.7 Å². The summed E-state index contributed by atoms with van der Waals surface area (Å²) >= 11 is 4.28. The number of benzene rings is 3. The van der Waals surface area contributed by atoms with E-state index in [2.05, 4.69) is 51.9 Å². The Balaban J connectivity index is 2.30. The standard InChI is InChI=1S/C23H26BrP/c1-2-3-13-20-25(24,21-14-7-4-8-15-21,22-16-9-5-10-17-22)23-18-11-6-12-19-23/h4-12,14-19H,2-3,13,20H2,1H3/i2D2,3D2. The van der Waals surface area contributed by atoms with Crippen LogP contribution in [0.1, 0.15) is 31.6 Å². The Morgan fingerprint density at radius 2 is 1.08 bits per heavy atom. The van der Waals surface area contributed by atoms with Gasteiger partial charge in [0.2, 0.25) is 0 Å². The predicted octanol–water partition coefficient (Wildman–Crippen LogP) is 6.02. The molecule has 0 N–H and O–H groups in total. The average molecular weight is 417 g/mol. The summed E-state index contributed by atoms with van der Waals surface area (Å²) in [6, 6.07) is 30.6. The molecule has 0 aliphatic heterocycles. The van der Waals surface area contributed by atoms with Gasteiger partial charge in [-0.05, 0) is 0 Å². The van der Waals surface area contributed by atoms with Crippen LogP contribution in [-0.4, -0.2) is 6.16 Å². The Morgan fingerprint density at radius 1 is 0.720 bits per heavy atom. The third-order valence-corrected chi connectivity index (χ3v) is 14.7. The summed E-state index contributed by atoms with van der Waals surface area (Å²) in [5.74, 6) is 0. The fourth-order valence-electron chi connectivity index (χ4n) is 3.44. The van der Waals surface area contributed by atoms with Crippen LogP contribution in [0.4, 0.5) is 0 Å². The molecule has 0 saturated carbocycles. The van der Waals surface area contributed by atoms with Gasteiger partial charge in [-0.2, -0.15) is 0 Å². The first-order valence-electron chi connectivity index (χ1n) is 10.5. The van der Waals surface area contributed by atoms with Crippen molar-refractivity contribution in [1.29, 1.82) is 0 Å². The van der Waals surface area contributed by atoms with E-state index in [0.29, 0.717) is 6.16 Å². The van der Waals surface area contributed by atoms with Gasteiger partial charge < -0.3 is 0 Å². The van der Waals surface area contributed by atoms with Gasteiger partial charge >= 0.3 is 165 Å². The molecule has 0 saturated heterocycles. The predicted molar refractivity (Wildman–Crippen MR) is 118 cm³/mol. The fraction of sp³-hybridized carbons (Fsp3) is 0.217. The molecule has 3 aromatic rings. The molecule has 0 radical (unpaired) electrons. The van der Waals surface area contributed by atoms with Gasteiger partial charge in [-0.1, -0.05) is 0 Å². The van der Waals surface area contributed by atoms with E-state index in [1.54, 1.807) is 0 Å². The van der Waals surface area contributed by atoms with Gasteiger partial charge in [-0.25, -0.2) is 0 Å². The van der Waals surface area contributed by atoms with Gasteiger partial charge in [0.05, 0.1) is 0 Å². The molecule has 0 bridgehead atoms. The molecule has 0 heterocycles. The van der Waals surface area contributed by atoms with Crippen molar-refractivity contribution in [1.82, 2.24) is 0 Å². The molecule has 0 aliphatic rings. The molecule has 0 amide bonds. The van der Waals surface area contributed by atoms with Crippen LogP contribution in [-0.2, 0) is 0 Å². The van der Waals surface area contributed by atoms with E-state index in [-0.39, 0.29) is 6.42 Å². The number of hydrogen-bond acceptors (Lipinski definition) is 0. The van der Waals surface area contributed by atoms with Crippen molar-refractivity contribution in [3.05, 3.63) is 91.0 Å². The molecule has 0 aliphatic carbocycles. The van der Waals surface area contributed by atoms with Crippen molar-refractivity contribution in [2.75, 3.05) is 6.16 Å². The third kappa shape index (κ3) is 3.33. The third-order valence-electron chi connectivity index (χ3n) is 4.72. The van der Waals surface area contributed by atoms with Crippen molar-refractivity contribution < 1.29 is 5.48 Å². The van der Waals surface area contributed by atoms with Gasteiger partial charge in [0.1, 0.15) is 0 Å². The SMILES string of the molecule is [2H]C([2H])(C)C([2H])([2H])CCP(Br)(c1ccccc1)(c1ccccc1)c1ccccc1. The number of hydrogen-bond donors (Lipinski definition) is 0. The van der Waals surface area contributed by atoms with E-state index in [1.165, 1.54) is 6.92 Å². The quantitative estimate of drug-likeness (QED) is 0.413. The van der Waals surface area contributed by atoms with E-state index in [9.17, 15) is 0 Å². The summed E-state index contributed by atoms with van der Waals surface area (Å²) in [7, 11) is 0. The van der Waals surface area contributed by atoms with Crippen molar-refractivity contribution in [3.8, 4) is 0 Å². The maximum atomic E-state index is 8.42. The van der Waals surface area contributed by atoms with Crippen molar-refractivity contribution in [2.24, 2.45) is 0 Å². The molecular weight excluding hydrogens is 387 g/mol. The summed E-state index contributed by atoms with van der Waals surface area (Å²) < 4.78 is 32.9. The summed E-state index contributed by atoms with van der Waals surface area (Å²) in [6.07, 6.45) is -3.32. The molecule has 2 heteroatoms. The summed E-state index contributed by atoms with van der Waals surface area (Å²) in [4.78, 5) is 0. The second-order valence-corrected chi connectivity index (χ2v) is 15.1. The fourth-order valence-corrected chi connectivity index (χ4v) is 10.7. The monoisotopic (exact) mass is 416 g/mol. The molecule has 0 unspecified atom stereocenters. The molecule has 3 rings (SSSR count). The first-order chi connectivity index (χ1) is 13.6. The van der Waals surface area contributed by atoms with Crippen LogP contribution >= 0.6 is 20.8 Å². The van der Waals surface area contributed by atoms with Gasteiger partial charge in [0, 0.05) is 0 Å². The first-order valence-corrected chi connectivity index (χ1v) is 12.9. The van der Waals surface area contributed by atoms with Crippen LogP contribution < -0.4 is 15.9 Å². The molecule has 3 aromatic carbocycles. The van der Waals surface area contributed by atoms with Crippen LogP contribution in [0.25, 0.3) is 0 Å². The topological polar surface area (TPSA) is 0 Å². The molecule has 25 heavy (non-hydrogen) atoms. The average Bonchev–Trinajstić information content (AvgIpc) is 2.73. The minimum absolute atomic E-state index is 0.0955. The Morgan fingerprint density at radius 3 is 1.40 bits per heavy atom. The Kier molecular flexibility index (Phi) is 4.31. The van der Waals surface area contributed by atoms with Crippen LogP contribution in [0.3, 0.4) is 0 Å². The van der Waals surface area contributed by atoms with Gasteiger partial charge in [-0.15, -0.1) is 0 Å². The van der Waals surface area contributed by atoms with E-state index in [4.69, 9.17) is 5.48 Å². The Labute approximate surface area is 165 Å². The van der Waals surface area contributed by atoms with Crippen LogP contribution in [0.5, 0.6) is 0 Å². The molecule has 0 spiro atoms. The Hall–Kier alpha value is -1.43. The van der Waals surface area contributed by atoms with E-state index in [1.807, 2.05) is 54.6 Å².